The molecule has 2 atom stereocenters. The van der Waals surface area contributed by atoms with Gasteiger partial charge in [-0.15, -0.1) is 23.2 Å². The van der Waals surface area contributed by atoms with E-state index in [-0.39, 0.29) is 0 Å². The minimum absolute atomic E-state index is 1.00. The smallest absolute Gasteiger partial charge is 0.122 e. The van der Waals surface area contributed by atoms with Crippen LogP contribution in [0.5, 0.6) is 0 Å². The SMILES string of the molecule is FS(F)(F)(F)(F)CC(Cl)CCC(Cl)CS(F)(F)(F)(F)F. The van der Waals surface area contributed by atoms with E-state index in [1.165, 1.54) is 0 Å². The van der Waals surface area contributed by atoms with Crippen molar-refractivity contribution in [2.75, 3.05) is 11.5 Å². The van der Waals surface area contributed by atoms with Crippen molar-refractivity contribution in [3.8, 4) is 0 Å². The summed E-state index contributed by atoms with van der Waals surface area (Å²) < 4.78 is 120. The van der Waals surface area contributed by atoms with Gasteiger partial charge in [0.2, 0.25) is 0 Å². The molecule has 0 saturated heterocycles. The number of hydrogen-bond acceptors (Lipinski definition) is 0. The van der Waals surface area contributed by atoms with Gasteiger partial charge in [0.1, 0.15) is 11.5 Å². The summed E-state index contributed by atoms with van der Waals surface area (Å²) in [5.41, 5.74) is 0. The molecular weight excluding hydrogens is 397 g/mol. The predicted molar refractivity (Wildman–Crippen MR) is 64.5 cm³/mol. The van der Waals surface area contributed by atoms with Gasteiger partial charge in [-0.1, -0.05) is 38.9 Å². The molecule has 0 heterocycles. The van der Waals surface area contributed by atoms with E-state index in [2.05, 4.69) is 0 Å². The highest BCUT2D eigenvalue weighted by Crippen LogP contribution is 2.98. The molecule has 0 N–H and O–H groups in total. The fourth-order valence-corrected chi connectivity index (χ4v) is 4.59. The van der Waals surface area contributed by atoms with Crippen LogP contribution in [0.15, 0.2) is 0 Å². The number of alkyl halides is 2. The Bertz CT molecular complexity index is 330. The Kier molecular flexibility index (Phi) is 4.22. The van der Waals surface area contributed by atoms with E-state index >= 15 is 0 Å². The quantitative estimate of drug-likeness (QED) is 0.302. The van der Waals surface area contributed by atoms with Crippen molar-refractivity contribution in [3.05, 3.63) is 0 Å². The maximum Gasteiger partial charge on any atom is 0.287 e. The zero-order valence-electron chi connectivity index (χ0n) is 9.34. The molecule has 2 unspecified atom stereocenters. The fraction of sp³-hybridized carbons (Fsp3) is 1.00. The first-order chi connectivity index (χ1) is 7.95. The normalized spacial score (nSPS) is 24.0. The molecule has 0 bridgehead atoms. The lowest BCUT2D eigenvalue weighted by molar-refractivity contribution is 0.354. The second-order valence-electron chi connectivity index (χ2n) is 4.36. The van der Waals surface area contributed by atoms with E-state index in [0.29, 0.717) is 0 Å². The largest absolute Gasteiger partial charge is 0.287 e. The molecule has 20 heavy (non-hydrogen) atoms. The van der Waals surface area contributed by atoms with E-state index in [1.807, 2.05) is 0 Å². The fourth-order valence-electron chi connectivity index (χ4n) is 1.21. The van der Waals surface area contributed by atoms with Gasteiger partial charge in [-0.25, -0.2) is 0 Å². The van der Waals surface area contributed by atoms with Crippen molar-refractivity contribution in [1.29, 1.82) is 0 Å². The summed E-state index contributed by atoms with van der Waals surface area (Å²) in [5.74, 6) is -5.39. The number of hydrogen-bond donors (Lipinski definition) is 0. The van der Waals surface area contributed by atoms with Crippen molar-refractivity contribution >= 4 is 43.6 Å². The van der Waals surface area contributed by atoms with Crippen LogP contribution in [-0.2, 0) is 0 Å². The highest BCUT2D eigenvalue weighted by Gasteiger charge is 2.65. The predicted octanol–water partition coefficient (Wildman–Crippen LogP) is 7.58. The van der Waals surface area contributed by atoms with Gasteiger partial charge >= 0.3 is 0 Å². The molecule has 0 aliphatic rings. The third-order valence-corrected chi connectivity index (χ3v) is 4.96. The molecule has 14 heteroatoms. The molecule has 0 fully saturated rings. The summed E-state index contributed by atoms with van der Waals surface area (Å²) in [4.78, 5) is 0. The zero-order valence-corrected chi connectivity index (χ0v) is 12.5. The molecule has 0 spiro atoms. The molecule has 0 aliphatic heterocycles. The van der Waals surface area contributed by atoms with Gasteiger partial charge in [-0.05, 0) is 12.8 Å². The second-order valence-corrected chi connectivity index (χ2v) is 10.8. The zero-order chi connectivity index (χ0) is 16.8. The molecule has 0 aliphatic carbocycles. The van der Waals surface area contributed by atoms with Crippen LogP contribution in [0.4, 0.5) is 38.9 Å². The first-order valence-electron chi connectivity index (χ1n) is 4.69. The third kappa shape index (κ3) is 15.0. The van der Waals surface area contributed by atoms with Crippen LogP contribution in [-0.4, -0.2) is 22.3 Å². The van der Waals surface area contributed by atoms with Crippen LogP contribution in [0.3, 0.4) is 0 Å². The van der Waals surface area contributed by atoms with Crippen molar-refractivity contribution in [2.45, 2.75) is 23.6 Å². The van der Waals surface area contributed by atoms with Crippen molar-refractivity contribution in [1.82, 2.24) is 0 Å². The Morgan fingerprint density at radius 2 is 0.750 bits per heavy atom. The molecule has 0 amide bonds. The molecule has 0 aromatic heterocycles. The minimum atomic E-state index is -9.80. The lowest BCUT2D eigenvalue weighted by Crippen LogP contribution is -2.24. The van der Waals surface area contributed by atoms with Gasteiger partial charge in [0.05, 0.1) is 10.8 Å². The van der Waals surface area contributed by atoms with Gasteiger partial charge in [0, 0.05) is 0 Å². The molecule has 0 aromatic carbocycles. The Hall–Kier alpha value is 0.580. The topological polar surface area (TPSA) is 0 Å². The second kappa shape index (κ2) is 4.10. The van der Waals surface area contributed by atoms with E-state index in [9.17, 15) is 38.9 Å². The summed E-state index contributed by atoms with van der Waals surface area (Å²) in [5, 5.41) is -4.49. The van der Waals surface area contributed by atoms with Gasteiger partial charge in [0.15, 0.2) is 0 Å². The van der Waals surface area contributed by atoms with Crippen LogP contribution >= 0.6 is 43.6 Å². The summed E-state index contributed by atoms with van der Waals surface area (Å²) in [6.07, 6.45) is -2.01. The standard InChI is InChI=1S/C6H10Cl2F10S2/c7-5(3-19(9,10,11,12)13)1-2-6(8)4-20(14,15,16,17)18/h5-6H,1-4H2. The molecule has 130 valence electrons. The molecular formula is C6H10Cl2F10S2. The first-order valence-corrected chi connectivity index (χ1v) is 9.80. The summed E-state index contributed by atoms with van der Waals surface area (Å²) in [6, 6.07) is 0. The Morgan fingerprint density at radius 1 is 0.550 bits per heavy atom. The molecule has 0 nitrogen and oxygen atoms in total. The van der Waals surface area contributed by atoms with E-state index in [4.69, 9.17) is 23.2 Å². The van der Waals surface area contributed by atoms with Crippen LogP contribution in [0, 0.1) is 0 Å². The molecule has 0 radical (unpaired) electrons. The Labute approximate surface area is 118 Å². The highest BCUT2D eigenvalue weighted by atomic mass is 35.5. The number of halogens is 12. The average molecular weight is 407 g/mol. The lowest BCUT2D eigenvalue weighted by Gasteiger charge is -2.42. The van der Waals surface area contributed by atoms with Crippen molar-refractivity contribution in [3.63, 3.8) is 0 Å². The van der Waals surface area contributed by atoms with E-state index in [0.717, 1.165) is 0 Å². The van der Waals surface area contributed by atoms with Crippen molar-refractivity contribution < 1.29 is 38.9 Å². The van der Waals surface area contributed by atoms with Gasteiger partial charge in [0.25, 0.3) is 20.4 Å². The first kappa shape index (κ1) is 20.6. The molecule has 0 aromatic rings. The monoisotopic (exact) mass is 406 g/mol. The van der Waals surface area contributed by atoms with E-state index < -0.39 is 55.5 Å². The third-order valence-electron chi connectivity index (χ3n) is 1.78. The van der Waals surface area contributed by atoms with Crippen LogP contribution in [0.2, 0.25) is 0 Å². The highest BCUT2D eigenvalue weighted by molar-refractivity contribution is 8.46. The summed E-state index contributed by atoms with van der Waals surface area (Å²) in [7, 11) is -19.6. The van der Waals surface area contributed by atoms with Gasteiger partial charge in [-0.3, -0.25) is 0 Å². The van der Waals surface area contributed by atoms with Crippen LogP contribution < -0.4 is 0 Å². The van der Waals surface area contributed by atoms with E-state index in [1.54, 1.807) is 0 Å². The van der Waals surface area contributed by atoms with Gasteiger partial charge < -0.3 is 0 Å². The Balaban J connectivity index is 4.47. The minimum Gasteiger partial charge on any atom is -0.122 e. The average Bonchev–Trinajstić information content (AvgIpc) is 1.87. The number of rotatable bonds is 7. The molecule has 0 saturated carbocycles. The maximum absolute atomic E-state index is 12.0. The Morgan fingerprint density at radius 3 is 0.900 bits per heavy atom. The maximum atomic E-state index is 12.0. The summed E-state index contributed by atoms with van der Waals surface area (Å²) in [6.45, 7) is 0. The van der Waals surface area contributed by atoms with Gasteiger partial charge in [-0.2, -0.15) is 0 Å². The van der Waals surface area contributed by atoms with Crippen molar-refractivity contribution in [2.24, 2.45) is 0 Å². The molecule has 0 rings (SSSR count). The van der Waals surface area contributed by atoms with Crippen LogP contribution in [0.1, 0.15) is 12.8 Å². The van der Waals surface area contributed by atoms with Crippen LogP contribution in [0.25, 0.3) is 0 Å². The lowest BCUT2D eigenvalue weighted by atomic mass is 10.2. The summed E-state index contributed by atoms with van der Waals surface area (Å²) >= 11 is 9.88.